The Morgan fingerprint density at radius 3 is 2.86 bits per heavy atom. The Morgan fingerprint density at radius 2 is 2.10 bits per heavy atom. The van der Waals surface area contributed by atoms with E-state index in [1.807, 2.05) is 0 Å². The highest BCUT2D eigenvalue weighted by atomic mass is 16.5. The molecule has 0 saturated heterocycles. The lowest BCUT2D eigenvalue weighted by atomic mass is 9.96. The summed E-state index contributed by atoms with van der Waals surface area (Å²) in [6.07, 6.45) is 0. The van der Waals surface area contributed by atoms with Gasteiger partial charge in [0.2, 0.25) is 5.89 Å². The second-order valence-electron chi connectivity index (χ2n) is 6.49. The number of aromatic nitrogens is 2. The highest BCUT2D eigenvalue weighted by Crippen LogP contribution is 2.24. The van der Waals surface area contributed by atoms with Crippen LogP contribution in [0.3, 0.4) is 0 Å². The van der Waals surface area contributed by atoms with Crippen LogP contribution in [-0.2, 0) is 18.5 Å². The molecular weight excluding hydrogens is 264 g/mol. The lowest BCUT2D eigenvalue weighted by Crippen LogP contribution is -2.28. The van der Waals surface area contributed by atoms with Gasteiger partial charge in [-0.05, 0) is 11.6 Å². The molecule has 0 bridgehead atoms. The van der Waals surface area contributed by atoms with Crippen molar-refractivity contribution >= 4 is 5.69 Å². The number of nitrogens with one attached hydrogen (secondary N) is 1. The summed E-state index contributed by atoms with van der Waals surface area (Å²) in [5.74, 6) is 1.44. The first kappa shape index (κ1) is 14.1. The van der Waals surface area contributed by atoms with Crippen LogP contribution in [0.25, 0.3) is 0 Å². The van der Waals surface area contributed by atoms with Gasteiger partial charge in [0, 0.05) is 30.7 Å². The first-order valence-electron chi connectivity index (χ1n) is 7.41. The number of anilines is 1. The first-order valence-corrected chi connectivity index (χ1v) is 7.41. The maximum Gasteiger partial charge on any atom is 0.246 e. The first-order chi connectivity index (χ1) is 10.0. The van der Waals surface area contributed by atoms with Crippen molar-refractivity contribution in [3.05, 3.63) is 41.5 Å². The summed E-state index contributed by atoms with van der Waals surface area (Å²) < 4.78 is 5.43. The molecule has 3 rings (SSSR count). The van der Waals surface area contributed by atoms with Crippen molar-refractivity contribution in [3.63, 3.8) is 0 Å². The summed E-state index contributed by atoms with van der Waals surface area (Å²) in [4.78, 5) is 6.84. The van der Waals surface area contributed by atoms with Gasteiger partial charge in [0.15, 0.2) is 5.82 Å². The normalized spacial score (nSPS) is 15.7. The van der Waals surface area contributed by atoms with E-state index in [9.17, 15) is 0 Å². The average Bonchev–Trinajstić information content (AvgIpc) is 2.82. The van der Waals surface area contributed by atoms with Gasteiger partial charge < -0.3 is 14.7 Å². The van der Waals surface area contributed by atoms with Crippen molar-refractivity contribution in [2.24, 2.45) is 0 Å². The van der Waals surface area contributed by atoms with E-state index in [1.165, 1.54) is 11.3 Å². The van der Waals surface area contributed by atoms with Crippen molar-refractivity contribution in [1.29, 1.82) is 0 Å². The Labute approximate surface area is 125 Å². The van der Waals surface area contributed by atoms with Crippen LogP contribution < -0.4 is 10.2 Å². The second kappa shape index (κ2) is 5.48. The fraction of sp³-hybridized carbons (Fsp3) is 0.500. The molecule has 0 fully saturated rings. The molecular formula is C16H22N4O. The number of hydrogen-bond acceptors (Lipinski definition) is 5. The van der Waals surface area contributed by atoms with E-state index in [1.54, 1.807) is 0 Å². The molecule has 2 heterocycles. The molecule has 112 valence electrons. The fourth-order valence-corrected chi connectivity index (χ4v) is 2.48. The molecule has 0 saturated carbocycles. The average molecular weight is 286 g/mol. The topological polar surface area (TPSA) is 54.2 Å². The van der Waals surface area contributed by atoms with Crippen LogP contribution >= 0.6 is 0 Å². The van der Waals surface area contributed by atoms with E-state index in [0.717, 1.165) is 25.5 Å². The molecule has 0 unspecified atom stereocenters. The van der Waals surface area contributed by atoms with E-state index < -0.39 is 0 Å². The minimum absolute atomic E-state index is 0.0833. The van der Waals surface area contributed by atoms with Crippen LogP contribution in [-0.4, -0.2) is 23.2 Å². The Balaban J connectivity index is 1.83. The predicted octanol–water partition coefficient (Wildman–Crippen LogP) is 2.48. The van der Waals surface area contributed by atoms with Gasteiger partial charge in [-0.25, -0.2) is 0 Å². The molecule has 5 nitrogen and oxygen atoms in total. The van der Waals surface area contributed by atoms with Gasteiger partial charge in [-0.2, -0.15) is 4.98 Å². The molecule has 0 aliphatic carbocycles. The second-order valence-corrected chi connectivity index (χ2v) is 6.49. The molecule has 1 N–H and O–H groups in total. The van der Waals surface area contributed by atoms with Crippen LogP contribution in [0.2, 0.25) is 0 Å². The summed E-state index contributed by atoms with van der Waals surface area (Å²) in [5, 5.41) is 7.54. The fourth-order valence-electron chi connectivity index (χ4n) is 2.48. The number of fused-ring (bicyclic) bond motifs is 1. The monoisotopic (exact) mass is 286 g/mol. The van der Waals surface area contributed by atoms with Gasteiger partial charge in [-0.3, -0.25) is 0 Å². The molecule has 0 spiro atoms. The third kappa shape index (κ3) is 3.08. The maximum absolute atomic E-state index is 5.43. The Bertz CT molecular complexity index is 615. The van der Waals surface area contributed by atoms with Crippen LogP contribution in [0.5, 0.6) is 0 Å². The van der Waals surface area contributed by atoms with Gasteiger partial charge in [-0.1, -0.05) is 44.1 Å². The van der Waals surface area contributed by atoms with Crippen molar-refractivity contribution in [3.8, 4) is 0 Å². The van der Waals surface area contributed by atoms with Gasteiger partial charge in [0.1, 0.15) is 0 Å². The van der Waals surface area contributed by atoms with Crippen LogP contribution in [0, 0.1) is 0 Å². The molecule has 0 radical (unpaired) electrons. The van der Waals surface area contributed by atoms with Crippen molar-refractivity contribution in [2.75, 3.05) is 18.0 Å². The van der Waals surface area contributed by atoms with Crippen molar-refractivity contribution < 1.29 is 4.52 Å². The maximum atomic E-state index is 5.43. The molecule has 2 aromatic rings. The molecule has 0 atom stereocenters. The number of benzene rings is 1. The summed E-state index contributed by atoms with van der Waals surface area (Å²) in [6.45, 7) is 9.72. The van der Waals surface area contributed by atoms with E-state index in [0.29, 0.717) is 12.4 Å². The molecule has 1 aliphatic rings. The zero-order valence-corrected chi connectivity index (χ0v) is 12.9. The Kier molecular flexibility index (Phi) is 3.68. The van der Waals surface area contributed by atoms with Gasteiger partial charge in [0.25, 0.3) is 0 Å². The minimum atomic E-state index is -0.0833. The lowest BCUT2D eigenvalue weighted by molar-refractivity contribution is 0.361. The van der Waals surface area contributed by atoms with Gasteiger partial charge in [-0.15, -0.1) is 0 Å². The standard InChI is InChI=1S/C16H22N4O/c1-16(2,3)15-18-14(21-19-15)11-20-9-8-17-10-12-6-4-5-7-13(12)20/h4-7,17H,8-11H2,1-3H3. The zero-order chi connectivity index (χ0) is 14.9. The third-order valence-corrected chi connectivity index (χ3v) is 3.67. The number of rotatable bonds is 2. The Hall–Kier alpha value is -1.88. The van der Waals surface area contributed by atoms with Crippen LogP contribution in [0.4, 0.5) is 5.69 Å². The minimum Gasteiger partial charge on any atom is -0.361 e. The molecule has 5 heteroatoms. The van der Waals surface area contributed by atoms with E-state index in [4.69, 9.17) is 4.52 Å². The van der Waals surface area contributed by atoms with Crippen LogP contribution in [0.1, 0.15) is 38.0 Å². The summed E-state index contributed by atoms with van der Waals surface area (Å²) in [7, 11) is 0. The van der Waals surface area contributed by atoms with E-state index >= 15 is 0 Å². The Morgan fingerprint density at radius 1 is 1.29 bits per heavy atom. The smallest absolute Gasteiger partial charge is 0.246 e. The largest absolute Gasteiger partial charge is 0.361 e. The quantitative estimate of drug-likeness (QED) is 0.919. The molecule has 1 aliphatic heterocycles. The highest BCUT2D eigenvalue weighted by Gasteiger charge is 2.22. The molecule has 21 heavy (non-hydrogen) atoms. The lowest BCUT2D eigenvalue weighted by Gasteiger charge is -2.22. The predicted molar refractivity (Wildman–Crippen MR) is 82.2 cm³/mol. The van der Waals surface area contributed by atoms with Crippen molar-refractivity contribution in [1.82, 2.24) is 15.5 Å². The third-order valence-electron chi connectivity index (χ3n) is 3.67. The molecule has 1 aromatic heterocycles. The zero-order valence-electron chi connectivity index (χ0n) is 12.9. The van der Waals surface area contributed by atoms with Crippen LogP contribution in [0.15, 0.2) is 28.8 Å². The van der Waals surface area contributed by atoms with Gasteiger partial charge in [0.05, 0.1) is 6.54 Å². The van der Waals surface area contributed by atoms with E-state index in [-0.39, 0.29) is 5.41 Å². The van der Waals surface area contributed by atoms with Crippen molar-refractivity contribution in [2.45, 2.75) is 39.3 Å². The number of nitrogens with zero attached hydrogens (tertiary/aromatic N) is 3. The number of para-hydroxylation sites is 1. The highest BCUT2D eigenvalue weighted by molar-refractivity contribution is 5.54. The SMILES string of the molecule is CC(C)(C)c1noc(CN2CCNCc3ccccc32)n1. The number of hydrogen-bond donors (Lipinski definition) is 1. The summed E-state index contributed by atoms with van der Waals surface area (Å²) in [5.41, 5.74) is 2.48. The molecule has 0 amide bonds. The van der Waals surface area contributed by atoms with E-state index in [2.05, 4.69) is 65.4 Å². The van der Waals surface area contributed by atoms with Gasteiger partial charge >= 0.3 is 0 Å². The molecule has 1 aromatic carbocycles. The summed E-state index contributed by atoms with van der Waals surface area (Å²) in [6, 6.07) is 8.47. The summed E-state index contributed by atoms with van der Waals surface area (Å²) >= 11 is 0.